The number of hydrogen-bond donors (Lipinski definition) is 0. The van der Waals surface area contributed by atoms with Crippen LogP contribution in [0.25, 0.3) is 0 Å². The standard InChI is InChI=1S/C35H46/c1-6-7-13-22-35(27-16-11-12-17-27,26-14-9-8-10-15-26)33-31-23-25(2)18-20-29(31)30-21-19-28(24-32(30)33)34(3,4)5/h6,8-10,14-15,18-21,23-24,27,29-33H,1,7,11-13,16-17,22H2,2-5H3. The largest absolute Gasteiger partial charge is 0.103 e. The molecule has 186 valence electrons. The molecular formula is C35H46. The summed E-state index contributed by atoms with van der Waals surface area (Å²) < 4.78 is 0. The molecule has 0 bridgehead atoms. The quantitative estimate of drug-likeness (QED) is 0.277. The van der Waals surface area contributed by atoms with Crippen molar-refractivity contribution in [1.29, 1.82) is 0 Å². The van der Waals surface area contributed by atoms with Gasteiger partial charge in [-0.2, -0.15) is 0 Å². The van der Waals surface area contributed by atoms with Gasteiger partial charge in [-0.25, -0.2) is 0 Å². The zero-order valence-corrected chi connectivity index (χ0v) is 22.5. The molecule has 0 spiro atoms. The fourth-order valence-corrected chi connectivity index (χ4v) is 8.42. The van der Waals surface area contributed by atoms with Crippen molar-refractivity contribution in [2.24, 2.45) is 40.9 Å². The molecule has 1 aromatic carbocycles. The SMILES string of the molecule is C=CCCCC(c1ccccc1)(C1CCCC1)C1C2C=C(C)C=CC2C2C=CC(C(C)(C)C)=CC21. The van der Waals surface area contributed by atoms with E-state index >= 15 is 0 Å². The van der Waals surface area contributed by atoms with Crippen molar-refractivity contribution in [3.63, 3.8) is 0 Å². The van der Waals surface area contributed by atoms with Crippen LogP contribution in [0.5, 0.6) is 0 Å². The highest BCUT2D eigenvalue weighted by atomic mass is 14.6. The maximum Gasteiger partial charge on any atom is 0.00212 e. The van der Waals surface area contributed by atoms with E-state index in [1.807, 2.05) is 0 Å². The summed E-state index contributed by atoms with van der Waals surface area (Å²) in [6.45, 7) is 13.6. The molecule has 0 aromatic heterocycles. The molecule has 35 heavy (non-hydrogen) atoms. The Bertz CT molecular complexity index is 1020. The van der Waals surface area contributed by atoms with Crippen molar-refractivity contribution in [2.75, 3.05) is 0 Å². The van der Waals surface area contributed by atoms with Crippen molar-refractivity contribution in [2.45, 2.75) is 78.1 Å². The van der Waals surface area contributed by atoms with E-state index in [0.717, 1.165) is 12.3 Å². The van der Waals surface area contributed by atoms with Crippen molar-refractivity contribution in [1.82, 2.24) is 0 Å². The Morgan fingerprint density at radius 1 is 0.886 bits per heavy atom. The molecule has 0 nitrogen and oxygen atoms in total. The Balaban J connectivity index is 1.72. The van der Waals surface area contributed by atoms with Crippen LogP contribution in [0.4, 0.5) is 0 Å². The van der Waals surface area contributed by atoms with Crippen LogP contribution in [-0.2, 0) is 5.41 Å². The molecule has 0 N–H and O–H groups in total. The molecule has 0 radical (unpaired) electrons. The fourth-order valence-electron chi connectivity index (χ4n) is 8.42. The van der Waals surface area contributed by atoms with Crippen molar-refractivity contribution < 1.29 is 0 Å². The second-order valence-corrected chi connectivity index (χ2v) is 12.9. The first kappa shape index (κ1) is 24.6. The van der Waals surface area contributed by atoms with Gasteiger partial charge < -0.3 is 0 Å². The number of benzene rings is 1. The van der Waals surface area contributed by atoms with Crippen LogP contribution in [-0.4, -0.2) is 0 Å². The number of fused-ring (bicyclic) bond motifs is 3. The molecule has 4 aliphatic rings. The molecule has 0 amide bonds. The van der Waals surface area contributed by atoms with E-state index in [2.05, 4.69) is 107 Å². The van der Waals surface area contributed by atoms with Crippen molar-refractivity contribution in [3.05, 3.63) is 96.2 Å². The van der Waals surface area contributed by atoms with E-state index in [0.29, 0.717) is 29.6 Å². The molecule has 2 saturated carbocycles. The summed E-state index contributed by atoms with van der Waals surface area (Å²) in [5.41, 5.74) is 5.01. The Morgan fingerprint density at radius 2 is 1.54 bits per heavy atom. The minimum Gasteiger partial charge on any atom is -0.103 e. The Morgan fingerprint density at radius 3 is 2.20 bits per heavy atom. The summed E-state index contributed by atoms with van der Waals surface area (Å²) >= 11 is 0. The average molecular weight is 467 g/mol. The van der Waals surface area contributed by atoms with Crippen LogP contribution < -0.4 is 0 Å². The molecule has 0 heterocycles. The number of hydrogen-bond acceptors (Lipinski definition) is 0. The molecule has 4 aliphatic carbocycles. The first-order chi connectivity index (χ1) is 16.9. The molecule has 6 unspecified atom stereocenters. The average Bonchev–Trinajstić information content (AvgIpc) is 3.49. The van der Waals surface area contributed by atoms with Gasteiger partial charge in [-0.05, 0) is 91.1 Å². The lowest BCUT2D eigenvalue weighted by Gasteiger charge is -2.50. The van der Waals surface area contributed by atoms with Gasteiger partial charge in [0.15, 0.2) is 0 Å². The van der Waals surface area contributed by atoms with Gasteiger partial charge in [-0.15, -0.1) is 6.58 Å². The number of allylic oxidation sites excluding steroid dienone is 9. The predicted octanol–water partition coefficient (Wildman–Crippen LogP) is 9.62. The fraction of sp³-hybridized carbons (Fsp3) is 0.543. The first-order valence-corrected chi connectivity index (χ1v) is 14.3. The molecule has 0 heteroatoms. The van der Waals surface area contributed by atoms with Gasteiger partial charge in [-0.1, -0.05) is 112 Å². The number of rotatable bonds is 7. The smallest absolute Gasteiger partial charge is 0.00212 e. The first-order valence-electron chi connectivity index (χ1n) is 14.3. The third-order valence-corrected chi connectivity index (χ3v) is 9.92. The van der Waals surface area contributed by atoms with E-state index < -0.39 is 0 Å². The molecule has 0 aliphatic heterocycles. The molecular weight excluding hydrogens is 420 g/mol. The minimum absolute atomic E-state index is 0.187. The van der Waals surface area contributed by atoms with E-state index in [1.165, 1.54) is 49.7 Å². The van der Waals surface area contributed by atoms with Gasteiger partial charge in [0.1, 0.15) is 0 Å². The van der Waals surface area contributed by atoms with Gasteiger partial charge in [-0.3, -0.25) is 0 Å². The van der Waals surface area contributed by atoms with Crippen LogP contribution in [0.3, 0.4) is 0 Å². The second-order valence-electron chi connectivity index (χ2n) is 12.9. The topological polar surface area (TPSA) is 0 Å². The van der Waals surface area contributed by atoms with E-state index in [-0.39, 0.29) is 10.8 Å². The minimum atomic E-state index is 0.187. The summed E-state index contributed by atoms with van der Waals surface area (Å²) in [6, 6.07) is 11.8. The summed E-state index contributed by atoms with van der Waals surface area (Å²) in [7, 11) is 0. The molecule has 1 aromatic rings. The molecule has 6 atom stereocenters. The maximum atomic E-state index is 4.09. The monoisotopic (exact) mass is 466 g/mol. The highest BCUT2D eigenvalue weighted by molar-refractivity contribution is 5.41. The summed E-state index contributed by atoms with van der Waals surface area (Å²) in [5.74, 6) is 3.85. The van der Waals surface area contributed by atoms with Gasteiger partial charge in [0.2, 0.25) is 0 Å². The van der Waals surface area contributed by atoms with E-state index in [9.17, 15) is 0 Å². The van der Waals surface area contributed by atoms with Gasteiger partial charge in [0.05, 0.1) is 0 Å². The van der Waals surface area contributed by atoms with Crippen molar-refractivity contribution in [3.8, 4) is 0 Å². The third-order valence-electron chi connectivity index (χ3n) is 9.92. The van der Waals surface area contributed by atoms with Crippen LogP contribution in [0.1, 0.15) is 78.2 Å². The zero-order valence-electron chi connectivity index (χ0n) is 22.5. The van der Waals surface area contributed by atoms with Crippen LogP contribution >= 0.6 is 0 Å². The molecule has 5 rings (SSSR count). The zero-order chi connectivity index (χ0) is 24.6. The Hall–Kier alpha value is -2.08. The lowest BCUT2D eigenvalue weighted by Crippen LogP contribution is -2.46. The highest BCUT2D eigenvalue weighted by Gasteiger charge is 2.59. The third kappa shape index (κ3) is 4.36. The normalized spacial score (nSPS) is 31.9. The van der Waals surface area contributed by atoms with Crippen LogP contribution in [0.15, 0.2) is 90.6 Å². The van der Waals surface area contributed by atoms with E-state index in [1.54, 1.807) is 5.56 Å². The van der Waals surface area contributed by atoms with Gasteiger partial charge in [0, 0.05) is 5.41 Å². The van der Waals surface area contributed by atoms with E-state index in [4.69, 9.17) is 0 Å². The molecule has 2 fully saturated rings. The Labute approximate surface area is 215 Å². The van der Waals surface area contributed by atoms with Crippen LogP contribution in [0, 0.1) is 40.9 Å². The summed E-state index contributed by atoms with van der Waals surface area (Å²) in [5, 5.41) is 0. The number of unbranched alkanes of at least 4 members (excludes halogenated alkanes) is 1. The highest BCUT2D eigenvalue weighted by Crippen LogP contribution is 2.64. The maximum absolute atomic E-state index is 4.09. The van der Waals surface area contributed by atoms with Gasteiger partial charge >= 0.3 is 0 Å². The summed E-state index contributed by atoms with van der Waals surface area (Å²) in [4.78, 5) is 0. The second kappa shape index (κ2) is 9.76. The lowest BCUT2D eigenvalue weighted by atomic mass is 9.54. The molecule has 0 saturated heterocycles. The lowest BCUT2D eigenvalue weighted by molar-refractivity contribution is 0.105. The van der Waals surface area contributed by atoms with Crippen LogP contribution in [0.2, 0.25) is 0 Å². The van der Waals surface area contributed by atoms with Gasteiger partial charge in [0.25, 0.3) is 0 Å². The predicted molar refractivity (Wildman–Crippen MR) is 151 cm³/mol. The summed E-state index contributed by atoms with van der Waals surface area (Å²) in [6.07, 6.45) is 26.8. The van der Waals surface area contributed by atoms with Crippen molar-refractivity contribution >= 4 is 0 Å². The Kier molecular flexibility index (Phi) is 6.86.